The van der Waals surface area contributed by atoms with E-state index in [0.717, 1.165) is 31.2 Å². The van der Waals surface area contributed by atoms with E-state index < -0.39 is 0 Å². The molecule has 0 spiro atoms. The number of rotatable bonds is 3. The summed E-state index contributed by atoms with van der Waals surface area (Å²) in [6.45, 7) is 4.14. The first-order valence-electron chi connectivity index (χ1n) is 7.54. The monoisotopic (exact) mass is 274 g/mol. The van der Waals surface area contributed by atoms with Gasteiger partial charge in [0.1, 0.15) is 0 Å². The van der Waals surface area contributed by atoms with E-state index in [1.165, 1.54) is 11.1 Å². The second-order valence-corrected chi connectivity index (χ2v) is 6.18. The molecule has 0 unspecified atom stereocenters. The molecule has 1 fully saturated rings. The van der Waals surface area contributed by atoms with Crippen molar-refractivity contribution >= 4 is 5.91 Å². The first kappa shape index (κ1) is 15.0. The average Bonchev–Trinajstić information content (AvgIpc) is 2.43. The predicted octanol–water partition coefficient (Wildman–Crippen LogP) is 2.57. The van der Waals surface area contributed by atoms with Gasteiger partial charge >= 0.3 is 0 Å². The summed E-state index contributed by atoms with van der Waals surface area (Å²) >= 11 is 0. The molecule has 3 nitrogen and oxygen atoms in total. The summed E-state index contributed by atoms with van der Waals surface area (Å²) in [5, 5.41) is 0. The van der Waals surface area contributed by atoms with Crippen LogP contribution in [0, 0.1) is 13.8 Å². The third-order valence-electron chi connectivity index (χ3n) is 4.53. The minimum absolute atomic E-state index is 0.221. The van der Waals surface area contributed by atoms with Crippen molar-refractivity contribution in [2.45, 2.75) is 58.0 Å². The van der Waals surface area contributed by atoms with Crippen LogP contribution in [-0.2, 0) is 11.2 Å². The van der Waals surface area contributed by atoms with Crippen LogP contribution in [0.5, 0.6) is 0 Å². The molecule has 3 heteroatoms. The number of likely N-dealkylation sites (N-methyl/N-ethyl adjacent to an activating group) is 1. The van der Waals surface area contributed by atoms with Gasteiger partial charge in [-0.15, -0.1) is 0 Å². The van der Waals surface area contributed by atoms with Gasteiger partial charge in [0.05, 0.1) is 6.42 Å². The maximum Gasteiger partial charge on any atom is 0.226 e. The van der Waals surface area contributed by atoms with Crippen molar-refractivity contribution in [3.63, 3.8) is 0 Å². The van der Waals surface area contributed by atoms with Crippen LogP contribution in [0.2, 0.25) is 0 Å². The van der Waals surface area contributed by atoms with Gasteiger partial charge in [-0.25, -0.2) is 0 Å². The zero-order valence-electron chi connectivity index (χ0n) is 12.9. The highest BCUT2D eigenvalue weighted by Gasteiger charge is 2.25. The van der Waals surface area contributed by atoms with E-state index >= 15 is 0 Å². The lowest BCUT2D eigenvalue weighted by Gasteiger charge is -2.33. The Hall–Kier alpha value is -1.35. The number of hydrogen-bond donors (Lipinski definition) is 1. The summed E-state index contributed by atoms with van der Waals surface area (Å²) in [6, 6.07) is 7.01. The number of nitrogens with two attached hydrogens (primary N) is 1. The third-order valence-corrected chi connectivity index (χ3v) is 4.53. The summed E-state index contributed by atoms with van der Waals surface area (Å²) in [5.74, 6) is 0.221. The molecule has 0 heterocycles. The zero-order chi connectivity index (χ0) is 14.7. The van der Waals surface area contributed by atoms with Gasteiger partial charge in [0.25, 0.3) is 0 Å². The molecule has 1 amide bonds. The number of carbonyl (C=O) groups excluding carboxylic acids is 1. The number of carbonyl (C=O) groups is 1. The van der Waals surface area contributed by atoms with Crippen LogP contribution in [0.25, 0.3) is 0 Å². The van der Waals surface area contributed by atoms with E-state index in [9.17, 15) is 4.79 Å². The molecular formula is C17H26N2O. The summed E-state index contributed by atoms with van der Waals surface area (Å²) < 4.78 is 0. The molecule has 1 saturated carbocycles. The minimum Gasteiger partial charge on any atom is -0.342 e. The molecule has 20 heavy (non-hydrogen) atoms. The zero-order valence-corrected chi connectivity index (χ0v) is 12.9. The highest BCUT2D eigenvalue weighted by Crippen LogP contribution is 2.22. The highest BCUT2D eigenvalue weighted by atomic mass is 16.2. The molecule has 0 radical (unpaired) electrons. The van der Waals surface area contributed by atoms with Crippen LogP contribution >= 0.6 is 0 Å². The van der Waals surface area contributed by atoms with E-state index in [2.05, 4.69) is 32.0 Å². The Morgan fingerprint density at radius 3 is 2.55 bits per heavy atom. The highest BCUT2D eigenvalue weighted by molar-refractivity contribution is 5.79. The Labute approximate surface area is 122 Å². The number of hydrogen-bond acceptors (Lipinski definition) is 2. The SMILES string of the molecule is Cc1ccc(C)c(CC(=O)N(C)C2CCC(N)CC2)c1. The topological polar surface area (TPSA) is 46.3 Å². The summed E-state index contributed by atoms with van der Waals surface area (Å²) in [7, 11) is 1.94. The van der Waals surface area contributed by atoms with Gasteiger partial charge in [0.2, 0.25) is 5.91 Å². The Morgan fingerprint density at radius 2 is 1.90 bits per heavy atom. The fourth-order valence-corrected chi connectivity index (χ4v) is 2.97. The van der Waals surface area contributed by atoms with Gasteiger partial charge in [-0.05, 0) is 50.7 Å². The van der Waals surface area contributed by atoms with Crippen molar-refractivity contribution < 1.29 is 4.79 Å². The van der Waals surface area contributed by atoms with Crippen LogP contribution < -0.4 is 5.73 Å². The molecule has 0 aliphatic heterocycles. The van der Waals surface area contributed by atoms with Crippen molar-refractivity contribution in [1.29, 1.82) is 0 Å². The minimum atomic E-state index is 0.221. The maximum absolute atomic E-state index is 12.5. The van der Waals surface area contributed by atoms with Crippen LogP contribution in [-0.4, -0.2) is 29.9 Å². The van der Waals surface area contributed by atoms with E-state index in [1.54, 1.807) is 0 Å². The standard InChI is InChI=1S/C17H26N2O/c1-12-4-5-13(2)14(10-12)11-17(20)19(3)16-8-6-15(18)7-9-16/h4-5,10,15-16H,6-9,11,18H2,1-3H3. The first-order chi connectivity index (χ1) is 9.47. The Bertz CT molecular complexity index is 476. The Kier molecular flexibility index (Phi) is 4.81. The second-order valence-electron chi connectivity index (χ2n) is 6.18. The van der Waals surface area contributed by atoms with Gasteiger partial charge in [0.15, 0.2) is 0 Å². The Morgan fingerprint density at radius 1 is 1.25 bits per heavy atom. The second kappa shape index (κ2) is 6.40. The van der Waals surface area contributed by atoms with Gasteiger partial charge in [-0.1, -0.05) is 23.8 Å². The number of benzene rings is 1. The molecule has 0 bridgehead atoms. The van der Waals surface area contributed by atoms with Crippen LogP contribution in [0.15, 0.2) is 18.2 Å². The molecule has 1 aromatic carbocycles. The smallest absolute Gasteiger partial charge is 0.226 e. The van der Waals surface area contributed by atoms with Crippen LogP contribution in [0.3, 0.4) is 0 Å². The predicted molar refractivity (Wildman–Crippen MR) is 82.6 cm³/mol. The molecule has 110 valence electrons. The quantitative estimate of drug-likeness (QED) is 0.921. The first-order valence-corrected chi connectivity index (χ1v) is 7.54. The van der Waals surface area contributed by atoms with Crippen molar-refractivity contribution in [1.82, 2.24) is 4.90 Å². The van der Waals surface area contributed by atoms with Crippen molar-refractivity contribution in [3.8, 4) is 0 Å². The molecule has 0 aromatic heterocycles. The normalized spacial score (nSPS) is 22.6. The molecule has 2 N–H and O–H groups in total. The summed E-state index contributed by atoms with van der Waals surface area (Å²) in [6.07, 6.45) is 4.65. The van der Waals surface area contributed by atoms with Crippen molar-refractivity contribution in [2.75, 3.05) is 7.05 Å². The van der Waals surface area contributed by atoms with E-state index in [1.807, 2.05) is 11.9 Å². The van der Waals surface area contributed by atoms with Crippen molar-refractivity contribution in [2.24, 2.45) is 5.73 Å². The fraction of sp³-hybridized carbons (Fsp3) is 0.588. The lowest BCUT2D eigenvalue weighted by Crippen LogP contribution is -2.42. The maximum atomic E-state index is 12.5. The average molecular weight is 274 g/mol. The third kappa shape index (κ3) is 3.60. The van der Waals surface area contributed by atoms with Gasteiger partial charge < -0.3 is 10.6 Å². The summed E-state index contributed by atoms with van der Waals surface area (Å²) in [4.78, 5) is 14.4. The molecular weight excluding hydrogens is 248 g/mol. The van der Waals surface area contributed by atoms with Crippen molar-refractivity contribution in [3.05, 3.63) is 34.9 Å². The largest absolute Gasteiger partial charge is 0.342 e. The van der Waals surface area contributed by atoms with Gasteiger partial charge in [-0.3, -0.25) is 4.79 Å². The number of amides is 1. The molecule has 0 atom stereocenters. The fourth-order valence-electron chi connectivity index (χ4n) is 2.97. The summed E-state index contributed by atoms with van der Waals surface area (Å²) in [5.41, 5.74) is 9.49. The van der Waals surface area contributed by atoms with E-state index in [0.29, 0.717) is 18.5 Å². The lowest BCUT2D eigenvalue weighted by molar-refractivity contribution is -0.131. The van der Waals surface area contributed by atoms with Gasteiger partial charge in [-0.2, -0.15) is 0 Å². The number of aryl methyl sites for hydroxylation is 2. The molecule has 1 aromatic rings. The van der Waals surface area contributed by atoms with Crippen LogP contribution in [0.1, 0.15) is 42.4 Å². The van der Waals surface area contributed by atoms with Gasteiger partial charge in [0, 0.05) is 19.1 Å². The molecule has 1 aliphatic carbocycles. The number of nitrogens with zero attached hydrogens (tertiary/aromatic N) is 1. The molecule has 1 aliphatic rings. The Balaban J connectivity index is 1.99. The van der Waals surface area contributed by atoms with Crippen LogP contribution in [0.4, 0.5) is 0 Å². The van der Waals surface area contributed by atoms with E-state index in [4.69, 9.17) is 5.73 Å². The molecule has 0 saturated heterocycles. The lowest BCUT2D eigenvalue weighted by atomic mass is 9.90. The molecule has 2 rings (SSSR count). The van der Waals surface area contributed by atoms with E-state index in [-0.39, 0.29) is 5.91 Å².